The lowest BCUT2D eigenvalue weighted by molar-refractivity contribution is 0.590. The van der Waals surface area contributed by atoms with E-state index >= 15 is 0 Å². The van der Waals surface area contributed by atoms with Crippen molar-refractivity contribution < 1.29 is 0 Å². The monoisotopic (exact) mass is 281 g/mol. The highest BCUT2D eigenvalue weighted by Gasteiger charge is 2.12. The number of aromatic nitrogens is 2. The van der Waals surface area contributed by atoms with E-state index in [2.05, 4.69) is 29.4 Å². The zero-order valence-electron chi connectivity index (χ0n) is 10.7. The standard InChI is InChI=1S/C13H16ClN3S/c1-4-15-9(3)12-16-17-13(18-12)10-5-6-11(14)8(2)7-10/h5-7,9,15H,4H2,1-3H3. The van der Waals surface area contributed by atoms with Crippen LogP contribution in [0.15, 0.2) is 18.2 Å². The van der Waals surface area contributed by atoms with Gasteiger partial charge >= 0.3 is 0 Å². The number of benzene rings is 1. The molecule has 0 saturated carbocycles. The molecule has 0 amide bonds. The van der Waals surface area contributed by atoms with Gasteiger partial charge in [0.1, 0.15) is 10.0 Å². The van der Waals surface area contributed by atoms with E-state index in [9.17, 15) is 0 Å². The van der Waals surface area contributed by atoms with Gasteiger partial charge in [-0.3, -0.25) is 0 Å². The Morgan fingerprint density at radius 3 is 2.83 bits per heavy atom. The summed E-state index contributed by atoms with van der Waals surface area (Å²) in [6.07, 6.45) is 0. The van der Waals surface area contributed by atoms with Crippen LogP contribution in [0.1, 0.15) is 30.5 Å². The zero-order chi connectivity index (χ0) is 13.1. The molecule has 5 heteroatoms. The quantitative estimate of drug-likeness (QED) is 0.925. The van der Waals surface area contributed by atoms with Crippen molar-refractivity contribution in [3.05, 3.63) is 33.8 Å². The number of hydrogen-bond acceptors (Lipinski definition) is 4. The summed E-state index contributed by atoms with van der Waals surface area (Å²) in [5, 5.41) is 14.6. The topological polar surface area (TPSA) is 37.8 Å². The summed E-state index contributed by atoms with van der Waals surface area (Å²) in [5.41, 5.74) is 2.13. The molecule has 0 radical (unpaired) electrons. The van der Waals surface area contributed by atoms with Crippen LogP contribution in [0.2, 0.25) is 5.02 Å². The Labute approximate surface area is 116 Å². The molecule has 96 valence electrons. The van der Waals surface area contributed by atoms with Gasteiger partial charge in [0, 0.05) is 10.6 Å². The summed E-state index contributed by atoms with van der Waals surface area (Å²) in [6.45, 7) is 7.10. The highest BCUT2D eigenvalue weighted by atomic mass is 35.5. The van der Waals surface area contributed by atoms with Gasteiger partial charge in [-0.2, -0.15) is 0 Å². The molecule has 0 bridgehead atoms. The molecule has 3 nitrogen and oxygen atoms in total. The van der Waals surface area contributed by atoms with E-state index in [4.69, 9.17) is 11.6 Å². The van der Waals surface area contributed by atoms with E-state index in [1.807, 2.05) is 25.1 Å². The number of hydrogen-bond donors (Lipinski definition) is 1. The summed E-state index contributed by atoms with van der Waals surface area (Å²) in [6, 6.07) is 6.18. The van der Waals surface area contributed by atoms with Gasteiger partial charge in [-0.1, -0.05) is 35.9 Å². The normalized spacial score (nSPS) is 12.7. The van der Waals surface area contributed by atoms with Crippen LogP contribution in [-0.4, -0.2) is 16.7 Å². The van der Waals surface area contributed by atoms with Crippen molar-refractivity contribution in [2.75, 3.05) is 6.54 Å². The van der Waals surface area contributed by atoms with Gasteiger partial charge in [0.05, 0.1) is 6.04 Å². The molecule has 1 aromatic carbocycles. The highest BCUT2D eigenvalue weighted by Crippen LogP contribution is 2.29. The molecular weight excluding hydrogens is 266 g/mol. The molecule has 1 atom stereocenters. The van der Waals surface area contributed by atoms with E-state index in [1.54, 1.807) is 11.3 Å². The zero-order valence-corrected chi connectivity index (χ0v) is 12.3. The predicted octanol–water partition coefficient (Wildman–Crippen LogP) is 3.84. The molecule has 0 spiro atoms. The number of nitrogens with zero attached hydrogens (tertiary/aromatic N) is 2. The Morgan fingerprint density at radius 1 is 1.39 bits per heavy atom. The molecule has 1 N–H and O–H groups in total. The third-order valence-corrected chi connectivity index (χ3v) is 4.31. The minimum atomic E-state index is 0.245. The maximum atomic E-state index is 6.02. The Hall–Kier alpha value is -0.970. The van der Waals surface area contributed by atoms with Gasteiger partial charge in [-0.25, -0.2) is 0 Å². The molecule has 1 aromatic heterocycles. The predicted molar refractivity (Wildman–Crippen MR) is 77.2 cm³/mol. The van der Waals surface area contributed by atoms with Crippen molar-refractivity contribution in [3.63, 3.8) is 0 Å². The van der Waals surface area contributed by atoms with Crippen LogP contribution in [0.3, 0.4) is 0 Å². The Balaban J connectivity index is 2.26. The van der Waals surface area contributed by atoms with E-state index < -0.39 is 0 Å². The second kappa shape index (κ2) is 5.78. The van der Waals surface area contributed by atoms with Gasteiger partial charge in [0.25, 0.3) is 0 Å². The van der Waals surface area contributed by atoms with Crippen LogP contribution < -0.4 is 5.32 Å². The van der Waals surface area contributed by atoms with Crippen molar-refractivity contribution in [1.29, 1.82) is 0 Å². The fourth-order valence-electron chi connectivity index (χ4n) is 1.70. The fourth-order valence-corrected chi connectivity index (χ4v) is 2.68. The molecule has 0 aliphatic carbocycles. The van der Waals surface area contributed by atoms with Crippen molar-refractivity contribution >= 4 is 22.9 Å². The van der Waals surface area contributed by atoms with Gasteiger partial charge < -0.3 is 5.32 Å². The molecule has 0 fully saturated rings. The molecule has 1 heterocycles. The first-order valence-electron chi connectivity index (χ1n) is 5.95. The second-order valence-corrected chi connectivity index (χ2v) is 5.61. The molecule has 1 unspecified atom stereocenters. The Bertz CT molecular complexity index is 539. The minimum absolute atomic E-state index is 0.245. The number of nitrogens with one attached hydrogen (secondary N) is 1. The summed E-state index contributed by atoms with van der Waals surface area (Å²) in [5.74, 6) is 0. The van der Waals surface area contributed by atoms with Crippen LogP contribution >= 0.6 is 22.9 Å². The molecule has 0 aliphatic rings. The van der Waals surface area contributed by atoms with Crippen molar-refractivity contribution in [3.8, 4) is 10.6 Å². The first-order chi connectivity index (χ1) is 8.61. The van der Waals surface area contributed by atoms with Crippen LogP contribution in [0.4, 0.5) is 0 Å². The van der Waals surface area contributed by atoms with Crippen LogP contribution in [0, 0.1) is 6.92 Å². The average Bonchev–Trinajstić information content (AvgIpc) is 2.82. The maximum Gasteiger partial charge on any atom is 0.147 e. The number of rotatable bonds is 4. The van der Waals surface area contributed by atoms with E-state index in [1.165, 1.54) is 0 Å². The molecule has 0 aliphatic heterocycles. The molecule has 0 saturated heterocycles. The largest absolute Gasteiger partial charge is 0.308 e. The van der Waals surface area contributed by atoms with Crippen LogP contribution in [0.25, 0.3) is 10.6 Å². The third kappa shape index (κ3) is 2.88. The lowest BCUT2D eigenvalue weighted by atomic mass is 10.1. The SMILES string of the molecule is CCNC(C)c1nnc(-c2ccc(Cl)c(C)c2)s1. The van der Waals surface area contributed by atoms with E-state index in [-0.39, 0.29) is 6.04 Å². The summed E-state index contributed by atoms with van der Waals surface area (Å²) in [7, 11) is 0. The number of aryl methyl sites for hydroxylation is 1. The van der Waals surface area contributed by atoms with E-state index in [0.29, 0.717) is 0 Å². The Morgan fingerprint density at radius 2 is 2.17 bits per heavy atom. The smallest absolute Gasteiger partial charge is 0.147 e. The maximum absolute atomic E-state index is 6.02. The first-order valence-corrected chi connectivity index (χ1v) is 7.14. The van der Waals surface area contributed by atoms with Gasteiger partial charge in [-0.05, 0) is 38.1 Å². The summed E-state index contributed by atoms with van der Waals surface area (Å²) < 4.78 is 0. The molecule has 2 rings (SSSR count). The number of halogens is 1. The average molecular weight is 282 g/mol. The lowest BCUT2D eigenvalue weighted by Gasteiger charge is -2.06. The minimum Gasteiger partial charge on any atom is -0.308 e. The second-order valence-electron chi connectivity index (χ2n) is 4.19. The van der Waals surface area contributed by atoms with Gasteiger partial charge in [-0.15, -0.1) is 10.2 Å². The molecule has 2 aromatic rings. The van der Waals surface area contributed by atoms with Crippen LogP contribution in [-0.2, 0) is 0 Å². The van der Waals surface area contributed by atoms with Gasteiger partial charge in [0.15, 0.2) is 0 Å². The van der Waals surface area contributed by atoms with Crippen molar-refractivity contribution in [2.24, 2.45) is 0 Å². The van der Waals surface area contributed by atoms with Gasteiger partial charge in [0.2, 0.25) is 0 Å². The first kappa shape index (κ1) is 13.5. The molecular formula is C13H16ClN3S. The van der Waals surface area contributed by atoms with Crippen molar-refractivity contribution in [1.82, 2.24) is 15.5 Å². The lowest BCUT2D eigenvalue weighted by Crippen LogP contribution is -2.17. The fraction of sp³-hybridized carbons (Fsp3) is 0.385. The van der Waals surface area contributed by atoms with Crippen molar-refractivity contribution in [2.45, 2.75) is 26.8 Å². The summed E-state index contributed by atoms with van der Waals surface area (Å²) >= 11 is 7.64. The van der Waals surface area contributed by atoms with Crippen LogP contribution in [0.5, 0.6) is 0 Å². The summed E-state index contributed by atoms with van der Waals surface area (Å²) in [4.78, 5) is 0. The highest BCUT2D eigenvalue weighted by molar-refractivity contribution is 7.14. The Kier molecular flexibility index (Phi) is 4.32. The molecule has 18 heavy (non-hydrogen) atoms. The van der Waals surface area contributed by atoms with E-state index in [0.717, 1.165) is 32.7 Å². The third-order valence-electron chi connectivity index (χ3n) is 2.73.